The van der Waals surface area contributed by atoms with Gasteiger partial charge in [-0.1, -0.05) is 0 Å². The topological polar surface area (TPSA) is 29.5 Å². The molecule has 1 fully saturated rings. The van der Waals surface area contributed by atoms with Crippen molar-refractivity contribution in [3.8, 4) is 0 Å². The molecule has 1 saturated heterocycles. The number of ether oxygens (including phenoxy) is 1. The van der Waals surface area contributed by atoms with Gasteiger partial charge in [-0.05, 0) is 46.7 Å². The van der Waals surface area contributed by atoms with Crippen LogP contribution in [0.5, 0.6) is 0 Å². The Morgan fingerprint density at radius 3 is 2.29 bits per heavy atom. The summed E-state index contributed by atoms with van der Waals surface area (Å²) in [5, 5.41) is 0. The summed E-state index contributed by atoms with van der Waals surface area (Å²) in [6.45, 7) is 7.50. The third-order valence-electron chi connectivity index (χ3n) is 2.33. The van der Waals surface area contributed by atoms with Gasteiger partial charge in [-0.3, -0.25) is 4.79 Å². The normalized spacial score (nSPS) is 20.9. The van der Waals surface area contributed by atoms with Gasteiger partial charge in [0.1, 0.15) is 5.60 Å². The van der Waals surface area contributed by atoms with Gasteiger partial charge in [-0.25, -0.2) is 0 Å². The van der Waals surface area contributed by atoms with Gasteiger partial charge < -0.3 is 9.64 Å². The summed E-state index contributed by atoms with van der Waals surface area (Å²) in [5.74, 6) is 0.0258. The molecular formula is C11H20NO2. The Balaban J connectivity index is 2.38. The first-order chi connectivity index (χ1) is 6.38. The monoisotopic (exact) mass is 198 g/mol. The van der Waals surface area contributed by atoms with Crippen molar-refractivity contribution in [1.82, 2.24) is 4.90 Å². The van der Waals surface area contributed by atoms with Crippen molar-refractivity contribution < 1.29 is 9.53 Å². The first-order valence-electron chi connectivity index (χ1n) is 5.17. The molecule has 81 valence electrons. The van der Waals surface area contributed by atoms with Crippen LogP contribution in [0.15, 0.2) is 0 Å². The second kappa shape index (κ2) is 4.30. The van der Waals surface area contributed by atoms with Crippen molar-refractivity contribution in [2.24, 2.45) is 5.92 Å². The molecule has 0 amide bonds. The standard InChI is InChI=1S/C11H20NO2/c1-11(2,3)14-10(13)9-5-7-12(4)8-6-9/h9H,4-8H2,1-3H3. The minimum atomic E-state index is -0.362. The zero-order chi connectivity index (χ0) is 10.8. The number of piperidine rings is 1. The fourth-order valence-electron chi connectivity index (χ4n) is 1.55. The lowest BCUT2D eigenvalue weighted by molar-refractivity contribution is -0.161. The highest BCUT2D eigenvalue weighted by atomic mass is 16.6. The number of nitrogens with zero attached hydrogens (tertiary/aromatic N) is 1. The summed E-state index contributed by atoms with van der Waals surface area (Å²) in [5.41, 5.74) is -0.362. The fourth-order valence-corrected chi connectivity index (χ4v) is 1.55. The Labute approximate surface area is 86.4 Å². The molecule has 3 nitrogen and oxygen atoms in total. The van der Waals surface area contributed by atoms with Crippen molar-refractivity contribution >= 4 is 5.97 Å². The Morgan fingerprint density at radius 1 is 1.36 bits per heavy atom. The van der Waals surface area contributed by atoms with Crippen LogP contribution in [0.1, 0.15) is 33.6 Å². The molecular weight excluding hydrogens is 178 g/mol. The minimum Gasteiger partial charge on any atom is -0.460 e. The van der Waals surface area contributed by atoms with E-state index >= 15 is 0 Å². The predicted octanol–water partition coefficient (Wildman–Crippen LogP) is 1.83. The van der Waals surface area contributed by atoms with E-state index < -0.39 is 0 Å². The van der Waals surface area contributed by atoms with Crippen LogP contribution >= 0.6 is 0 Å². The van der Waals surface area contributed by atoms with Crippen LogP contribution < -0.4 is 0 Å². The van der Waals surface area contributed by atoms with Crippen molar-refractivity contribution in [3.05, 3.63) is 7.05 Å². The Hall–Kier alpha value is -0.570. The third-order valence-corrected chi connectivity index (χ3v) is 2.33. The molecule has 14 heavy (non-hydrogen) atoms. The van der Waals surface area contributed by atoms with Gasteiger partial charge >= 0.3 is 5.97 Å². The Morgan fingerprint density at radius 2 is 1.86 bits per heavy atom. The lowest BCUT2D eigenvalue weighted by Gasteiger charge is -2.29. The fraction of sp³-hybridized carbons (Fsp3) is 0.818. The highest BCUT2D eigenvalue weighted by molar-refractivity contribution is 5.73. The lowest BCUT2D eigenvalue weighted by Crippen LogP contribution is -2.36. The molecule has 1 radical (unpaired) electrons. The molecule has 0 aliphatic carbocycles. The largest absolute Gasteiger partial charge is 0.460 e. The molecule has 1 aliphatic rings. The zero-order valence-electron chi connectivity index (χ0n) is 9.38. The van der Waals surface area contributed by atoms with E-state index in [9.17, 15) is 4.79 Å². The van der Waals surface area contributed by atoms with Crippen molar-refractivity contribution in [2.75, 3.05) is 13.1 Å². The number of likely N-dealkylation sites (tertiary alicyclic amines) is 1. The summed E-state index contributed by atoms with van der Waals surface area (Å²) in [6, 6.07) is 0. The van der Waals surface area contributed by atoms with E-state index in [-0.39, 0.29) is 17.5 Å². The highest BCUT2D eigenvalue weighted by Crippen LogP contribution is 2.20. The van der Waals surface area contributed by atoms with E-state index in [4.69, 9.17) is 4.74 Å². The zero-order valence-corrected chi connectivity index (χ0v) is 9.38. The van der Waals surface area contributed by atoms with Gasteiger partial charge in [0.05, 0.1) is 5.92 Å². The maximum atomic E-state index is 11.7. The van der Waals surface area contributed by atoms with Crippen LogP contribution in [-0.4, -0.2) is 29.6 Å². The van der Waals surface area contributed by atoms with Crippen molar-refractivity contribution in [1.29, 1.82) is 0 Å². The molecule has 0 atom stereocenters. The molecule has 0 unspecified atom stereocenters. The van der Waals surface area contributed by atoms with Gasteiger partial charge in [0.25, 0.3) is 0 Å². The number of rotatable bonds is 1. The van der Waals surface area contributed by atoms with Crippen molar-refractivity contribution in [3.63, 3.8) is 0 Å². The van der Waals surface area contributed by atoms with Crippen molar-refractivity contribution in [2.45, 2.75) is 39.2 Å². The van der Waals surface area contributed by atoms with Gasteiger partial charge in [-0.15, -0.1) is 0 Å². The molecule has 3 heteroatoms. The maximum absolute atomic E-state index is 11.7. The summed E-state index contributed by atoms with van der Waals surface area (Å²) < 4.78 is 5.33. The van der Waals surface area contributed by atoms with Gasteiger partial charge in [0, 0.05) is 7.05 Å². The van der Waals surface area contributed by atoms with E-state index in [2.05, 4.69) is 7.05 Å². The Kier molecular flexibility index (Phi) is 3.53. The average molecular weight is 198 g/mol. The first-order valence-corrected chi connectivity index (χ1v) is 5.17. The number of hydrogen-bond donors (Lipinski definition) is 0. The predicted molar refractivity (Wildman–Crippen MR) is 55.5 cm³/mol. The van der Waals surface area contributed by atoms with Crippen LogP contribution in [0.3, 0.4) is 0 Å². The number of esters is 1. The van der Waals surface area contributed by atoms with E-state index in [1.165, 1.54) is 0 Å². The SMILES string of the molecule is [CH2]N1CCC(C(=O)OC(C)(C)C)CC1. The molecule has 0 aromatic carbocycles. The molecule has 0 N–H and O–H groups in total. The van der Waals surface area contributed by atoms with Crippen LogP contribution in [0.4, 0.5) is 0 Å². The Bertz CT molecular complexity index is 200. The molecule has 0 saturated carbocycles. The van der Waals surface area contributed by atoms with E-state index in [1.807, 2.05) is 25.7 Å². The molecule has 0 aromatic heterocycles. The number of carbonyl (C=O) groups excluding carboxylic acids is 1. The second-order valence-corrected chi connectivity index (χ2v) is 4.93. The van der Waals surface area contributed by atoms with Gasteiger partial charge in [-0.2, -0.15) is 0 Å². The summed E-state index contributed by atoms with van der Waals surface area (Å²) >= 11 is 0. The molecule has 1 aliphatic heterocycles. The summed E-state index contributed by atoms with van der Waals surface area (Å²) in [6.07, 6.45) is 1.75. The third kappa shape index (κ3) is 3.66. The van der Waals surface area contributed by atoms with Crippen LogP contribution in [0.2, 0.25) is 0 Å². The molecule has 0 aromatic rings. The lowest BCUT2D eigenvalue weighted by atomic mass is 9.97. The van der Waals surface area contributed by atoms with Gasteiger partial charge in [0.15, 0.2) is 0 Å². The summed E-state index contributed by atoms with van der Waals surface area (Å²) in [7, 11) is 3.85. The highest BCUT2D eigenvalue weighted by Gasteiger charge is 2.27. The quantitative estimate of drug-likeness (QED) is 0.602. The molecule has 1 rings (SSSR count). The molecule has 0 spiro atoms. The van der Waals surface area contributed by atoms with E-state index in [1.54, 1.807) is 0 Å². The number of carbonyl (C=O) groups is 1. The summed E-state index contributed by atoms with van der Waals surface area (Å²) in [4.78, 5) is 13.7. The maximum Gasteiger partial charge on any atom is 0.309 e. The molecule has 1 heterocycles. The molecule has 0 bridgehead atoms. The van der Waals surface area contributed by atoms with E-state index in [0.29, 0.717) is 0 Å². The van der Waals surface area contributed by atoms with Crippen LogP contribution in [0, 0.1) is 13.0 Å². The first kappa shape index (κ1) is 11.5. The smallest absolute Gasteiger partial charge is 0.309 e. The van der Waals surface area contributed by atoms with E-state index in [0.717, 1.165) is 25.9 Å². The van der Waals surface area contributed by atoms with Gasteiger partial charge in [0.2, 0.25) is 0 Å². The number of hydrogen-bond acceptors (Lipinski definition) is 3. The second-order valence-electron chi connectivity index (χ2n) is 4.93. The van der Waals surface area contributed by atoms with Crippen LogP contribution in [0.25, 0.3) is 0 Å². The minimum absolute atomic E-state index is 0.0504. The van der Waals surface area contributed by atoms with Crippen LogP contribution in [-0.2, 0) is 9.53 Å². The average Bonchev–Trinajstić information content (AvgIpc) is 2.02.